The summed E-state index contributed by atoms with van der Waals surface area (Å²) in [6.45, 7) is 4.05. The molecule has 1 aromatic rings. The normalized spacial score (nSPS) is 15.6. The molecule has 16 heavy (non-hydrogen) atoms. The summed E-state index contributed by atoms with van der Waals surface area (Å²) in [5.74, 6) is 0.00523. The third kappa shape index (κ3) is 2.36. The van der Waals surface area contributed by atoms with Gasteiger partial charge in [0.2, 0.25) is 0 Å². The first kappa shape index (κ1) is 12.2. The van der Waals surface area contributed by atoms with Crippen LogP contribution in [0.2, 0.25) is 8.67 Å². The van der Waals surface area contributed by atoms with E-state index in [0.29, 0.717) is 20.3 Å². The minimum atomic E-state index is 0.00523. The van der Waals surface area contributed by atoms with Gasteiger partial charge in [-0.25, -0.2) is 0 Å². The van der Waals surface area contributed by atoms with Gasteiger partial charge in [-0.2, -0.15) is 0 Å². The van der Waals surface area contributed by atoms with Gasteiger partial charge < -0.3 is 4.90 Å². The van der Waals surface area contributed by atoms with Gasteiger partial charge in [0.1, 0.15) is 4.34 Å². The Kier molecular flexibility index (Phi) is 3.48. The lowest BCUT2D eigenvalue weighted by atomic mass is 10.2. The summed E-state index contributed by atoms with van der Waals surface area (Å²) in [7, 11) is 0. The van der Waals surface area contributed by atoms with Crippen molar-refractivity contribution in [3.63, 3.8) is 0 Å². The zero-order valence-corrected chi connectivity index (χ0v) is 11.5. The predicted octanol–water partition coefficient (Wildman–Crippen LogP) is 4.07. The first-order valence-corrected chi connectivity index (χ1v) is 6.85. The number of halogens is 2. The molecular formula is C11H13Cl2NOS. The summed E-state index contributed by atoms with van der Waals surface area (Å²) in [5.41, 5.74) is 0.539. The van der Waals surface area contributed by atoms with E-state index in [1.54, 1.807) is 6.07 Å². The van der Waals surface area contributed by atoms with Gasteiger partial charge in [-0.05, 0) is 32.8 Å². The number of hydrogen-bond donors (Lipinski definition) is 0. The van der Waals surface area contributed by atoms with E-state index in [-0.39, 0.29) is 11.9 Å². The van der Waals surface area contributed by atoms with Crippen LogP contribution in [0, 0.1) is 0 Å². The van der Waals surface area contributed by atoms with E-state index in [1.165, 1.54) is 11.3 Å². The standard InChI is InChI=1S/C11H13Cl2NOS/c1-6(2)14(7-3-4-7)11(15)8-5-9(12)16-10(8)13/h5-7H,3-4H2,1-2H3. The Bertz CT molecular complexity index is 410. The SMILES string of the molecule is CC(C)N(C(=O)c1cc(Cl)sc1Cl)C1CC1. The van der Waals surface area contributed by atoms with Crippen LogP contribution >= 0.6 is 34.5 Å². The molecule has 0 atom stereocenters. The minimum absolute atomic E-state index is 0.00523. The molecule has 1 heterocycles. The third-order valence-corrected chi connectivity index (χ3v) is 4.11. The second-order valence-corrected chi connectivity index (χ2v) is 6.56. The van der Waals surface area contributed by atoms with Crippen molar-refractivity contribution >= 4 is 40.4 Å². The molecule has 88 valence electrons. The van der Waals surface area contributed by atoms with Crippen LogP contribution in [0.25, 0.3) is 0 Å². The Morgan fingerprint density at radius 3 is 2.50 bits per heavy atom. The van der Waals surface area contributed by atoms with Crippen molar-refractivity contribution in [3.8, 4) is 0 Å². The van der Waals surface area contributed by atoms with Gasteiger partial charge in [0.05, 0.1) is 9.90 Å². The average Bonchev–Trinajstić information content (AvgIpc) is 2.92. The summed E-state index contributed by atoms with van der Waals surface area (Å²) >= 11 is 13.1. The molecule has 1 fully saturated rings. The van der Waals surface area contributed by atoms with Crippen molar-refractivity contribution in [1.82, 2.24) is 4.90 Å². The van der Waals surface area contributed by atoms with Gasteiger partial charge in [-0.1, -0.05) is 23.2 Å². The Balaban J connectivity index is 2.25. The van der Waals surface area contributed by atoms with E-state index in [0.717, 1.165) is 12.8 Å². The lowest BCUT2D eigenvalue weighted by molar-refractivity contribution is 0.0691. The molecule has 1 aromatic heterocycles. The van der Waals surface area contributed by atoms with Crippen LogP contribution in [0.15, 0.2) is 6.07 Å². The van der Waals surface area contributed by atoms with Gasteiger partial charge in [-0.3, -0.25) is 4.79 Å². The zero-order chi connectivity index (χ0) is 11.9. The fourth-order valence-electron chi connectivity index (χ4n) is 1.80. The Morgan fingerprint density at radius 1 is 1.50 bits per heavy atom. The molecule has 0 N–H and O–H groups in total. The van der Waals surface area contributed by atoms with E-state index in [4.69, 9.17) is 23.2 Å². The largest absolute Gasteiger partial charge is 0.333 e. The number of rotatable bonds is 3. The molecule has 0 aromatic carbocycles. The summed E-state index contributed by atoms with van der Waals surface area (Å²) in [5, 5.41) is 0. The molecule has 1 aliphatic rings. The minimum Gasteiger partial charge on any atom is -0.333 e. The molecule has 0 bridgehead atoms. The second kappa shape index (κ2) is 4.55. The summed E-state index contributed by atoms with van der Waals surface area (Å²) in [6, 6.07) is 2.26. The molecule has 1 saturated carbocycles. The molecule has 5 heteroatoms. The number of thiophene rings is 1. The number of nitrogens with zero attached hydrogens (tertiary/aromatic N) is 1. The lowest BCUT2D eigenvalue weighted by Crippen LogP contribution is -2.38. The highest BCUT2D eigenvalue weighted by Gasteiger charge is 2.35. The maximum absolute atomic E-state index is 12.3. The molecule has 0 radical (unpaired) electrons. The molecule has 1 amide bonds. The van der Waals surface area contributed by atoms with Crippen LogP contribution in [0.4, 0.5) is 0 Å². The van der Waals surface area contributed by atoms with E-state index in [2.05, 4.69) is 0 Å². The highest BCUT2D eigenvalue weighted by molar-refractivity contribution is 7.20. The third-order valence-electron chi connectivity index (χ3n) is 2.62. The molecular weight excluding hydrogens is 265 g/mol. The van der Waals surface area contributed by atoms with Gasteiger partial charge in [0.15, 0.2) is 0 Å². The first-order chi connectivity index (χ1) is 7.50. The maximum Gasteiger partial charge on any atom is 0.256 e. The first-order valence-electron chi connectivity index (χ1n) is 5.28. The van der Waals surface area contributed by atoms with E-state index >= 15 is 0 Å². The maximum atomic E-state index is 12.3. The summed E-state index contributed by atoms with van der Waals surface area (Å²) < 4.78 is 1.05. The Morgan fingerprint density at radius 2 is 2.12 bits per heavy atom. The molecule has 0 aliphatic heterocycles. The summed E-state index contributed by atoms with van der Waals surface area (Å²) in [6.07, 6.45) is 2.19. The Hall–Kier alpha value is -0.250. The number of amides is 1. The monoisotopic (exact) mass is 277 g/mol. The molecule has 2 rings (SSSR count). The predicted molar refractivity (Wildman–Crippen MR) is 68.7 cm³/mol. The van der Waals surface area contributed by atoms with Crippen LogP contribution in [0.3, 0.4) is 0 Å². The molecule has 0 spiro atoms. The molecule has 0 unspecified atom stereocenters. The molecule has 2 nitrogen and oxygen atoms in total. The van der Waals surface area contributed by atoms with Gasteiger partial charge in [0, 0.05) is 12.1 Å². The average molecular weight is 278 g/mol. The van der Waals surface area contributed by atoms with Crippen LogP contribution < -0.4 is 0 Å². The van der Waals surface area contributed by atoms with Crippen molar-refractivity contribution in [2.24, 2.45) is 0 Å². The van der Waals surface area contributed by atoms with Crippen molar-refractivity contribution < 1.29 is 4.79 Å². The lowest BCUT2D eigenvalue weighted by Gasteiger charge is -2.26. The highest BCUT2D eigenvalue weighted by atomic mass is 35.5. The summed E-state index contributed by atoms with van der Waals surface area (Å²) in [4.78, 5) is 14.2. The number of hydrogen-bond acceptors (Lipinski definition) is 2. The van der Waals surface area contributed by atoms with Crippen molar-refractivity contribution in [1.29, 1.82) is 0 Å². The van der Waals surface area contributed by atoms with Gasteiger partial charge in [-0.15, -0.1) is 11.3 Å². The van der Waals surface area contributed by atoms with Crippen molar-refractivity contribution in [3.05, 3.63) is 20.3 Å². The van der Waals surface area contributed by atoms with Crippen molar-refractivity contribution in [2.45, 2.75) is 38.8 Å². The number of carbonyl (C=O) groups excluding carboxylic acids is 1. The second-order valence-electron chi connectivity index (χ2n) is 4.28. The molecule has 1 aliphatic carbocycles. The Labute approximate surface area is 109 Å². The quantitative estimate of drug-likeness (QED) is 0.816. The number of carbonyl (C=O) groups is 1. The highest BCUT2D eigenvalue weighted by Crippen LogP contribution is 2.35. The smallest absolute Gasteiger partial charge is 0.256 e. The van der Waals surface area contributed by atoms with Crippen molar-refractivity contribution in [2.75, 3.05) is 0 Å². The zero-order valence-electron chi connectivity index (χ0n) is 9.17. The fourth-order valence-corrected chi connectivity index (χ4v) is 3.25. The topological polar surface area (TPSA) is 20.3 Å². The van der Waals surface area contributed by atoms with E-state index < -0.39 is 0 Å². The van der Waals surface area contributed by atoms with Crippen LogP contribution in [-0.4, -0.2) is 22.9 Å². The van der Waals surface area contributed by atoms with Crippen LogP contribution in [0.1, 0.15) is 37.0 Å². The van der Waals surface area contributed by atoms with Crippen LogP contribution in [-0.2, 0) is 0 Å². The van der Waals surface area contributed by atoms with E-state index in [1.807, 2.05) is 18.7 Å². The van der Waals surface area contributed by atoms with Gasteiger partial charge >= 0.3 is 0 Å². The van der Waals surface area contributed by atoms with Gasteiger partial charge in [0.25, 0.3) is 5.91 Å². The van der Waals surface area contributed by atoms with E-state index in [9.17, 15) is 4.79 Å². The van der Waals surface area contributed by atoms with Crippen LogP contribution in [0.5, 0.6) is 0 Å². The fraction of sp³-hybridized carbons (Fsp3) is 0.545. The molecule has 0 saturated heterocycles.